The molecule has 0 amide bonds. The van der Waals surface area contributed by atoms with Crippen molar-refractivity contribution < 1.29 is 23.8 Å². The SMILES string of the molecule is CCC1CN(c2ccc3c(-c4ccccc4C(=O)[O-])c4ccc(=[N+]5CC(CC(=O)OC)C5)cc-4oc3c2)C1. The number of hydrogen-bond donors (Lipinski definition) is 0. The number of carbonyl (C=O) groups excluding carboxylic acids is 2. The first-order valence-corrected chi connectivity index (χ1v) is 13.2. The number of benzene rings is 3. The molecule has 0 atom stereocenters. The molecule has 2 fully saturated rings. The summed E-state index contributed by atoms with van der Waals surface area (Å²) < 4.78 is 13.5. The number of ether oxygens (including phenoxy) is 1. The van der Waals surface area contributed by atoms with Gasteiger partial charge in [0, 0.05) is 53.0 Å². The largest absolute Gasteiger partial charge is 0.545 e. The molecular formula is C31H30N2O5. The highest BCUT2D eigenvalue weighted by molar-refractivity contribution is 6.07. The van der Waals surface area contributed by atoms with Crippen molar-refractivity contribution in [2.24, 2.45) is 11.8 Å². The third-order valence-corrected chi connectivity index (χ3v) is 8.01. The summed E-state index contributed by atoms with van der Waals surface area (Å²) in [6, 6.07) is 19.2. The van der Waals surface area contributed by atoms with Crippen LogP contribution >= 0.6 is 0 Å². The lowest BCUT2D eigenvalue weighted by molar-refractivity contribution is -0.254. The maximum atomic E-state index is 12.1. The molecule has 7 nitrogen and oxygen atoms in total. The molecule has 0 unspecified atom stereocenters. The second kappa shape index (κ2) is 9.63. The van der Waals surface area contributed by atoms with E-state index in [-0.39, 0.29) is 17.5 Å². The highest BCUT2D eigenvalue weighted by atomic mass is 16.5. The summed E-state index contributed by atoms with van der Waals surface area (Å²) in [5.74, 6) is 0.269. The first-order chi connectivity index (χ1) is 18.4. The summed E-state index contributed by atoms with van der Waals surface area (Å²) in [5, 5.41) is 13.9. The smallest absolute Gasteiger partial charge is 0.306 e. The summed E-state index contributed by atoms with van der Waals surface area (Å²) in [7, 11) is 1.42. The fourth-order valence-electron chi connectivity index (χ4n) is 5.70. The lowest BCUT2D eigenvalue weighted by atomic mass is 9.90. The van der Waals surface area contributed by atoms with Gasteiger partial charge in [0.2, 0.25) is 5.36 Å². The minimum Gasteiger partial charge on any atom is -0.545 e. The molecule has 1 aliphatic carbocycles. The molecule has 2 saturated heterocycles. The second-order valence-corrected chi connectivity index (χ2v) is 10.4. The highest BCUT2D eigenvalue weighted by Crippen LogP contribution is 2.42. The number of fused-ring (bicyclic) bond motifs is 2. The number of aromatic carboxylic acids is 1. The Morgan fingerprint density at radius 1 is 1.03 bits per heavy atom. The van der Waals surface area contributed by atoms with Crippen LogP contribution in [0.5, 0.6) is 0 Å². The van der Waals surface area contributed by atoms with Gasteiger partial charge in [-0.05, 0) is 36.1 Å². The van der Waals surface area contributed by atoms with Crippen molar-refractivity contribution in [3.63, 3.8) is 0 Å². The summed E-state index contributed by atoms with van der Waals surface area (Å²) in [5.41, 5.74) is 4.23. The number of carboxylic acid groups (broad SMARTS) is 1. The molecule has 0 aromatic heterocycles. The molecule has 0 spiro atoms. The van der Waals surface area contributed by atoms with E-state index in [0.29, 0.717) is 29.2 Å². The molecule has 3 aliphatic heterocycles. The van der Waals surface area contributed by atoms with E-state index in [4.69, 9.17) is 9.15 Å². The minimum absolute atomic E-state index is 0.149. The fourth-order valence-corrected chi connectivity index (χ4v) is 5.70. The van der Waals surface area contributed by atoms with Crippen molar-refractivity contribution in [2.75, 3.05) is 38.2 Å². The van der Waals surface area contributed by atoms with Crippen molar-refractivity contribution in [3.8, 4) is 22.5 Å². The number of hydrogen-bond acceptors (Lipinski definition) is 6. The van der Waals surface area contributed by atoms with Crippen LogP contribution in [0.4, 0.5) is 5.69 Å². The Kier molecular flexibility index (Phi) is 6.14. The van der Waals surface area contributed by atoms with Gasteiger partial charge in [0.05, 0.1) is 31.5 Å². The van der Waals surface area contributed by atoms with E-state index in [0.717, 1.165) is 53.7 Å². The standard InChI is InChI=1S/C31H30N2O5/c1-3-19-15-32(16-19)21-8-10-25-27(13-21)38-28-14-22(33-17-20(18-33)12-29(34)37-2)9-11-26(28)30(25)23-6-4-5-7-24(23)31(35)36/h4-11,13-14,19-20H,3,12,15-18H2,1-2H3. The third-order valence-electron chi connectivity index (χ3n) is 8.01. The van der Waals surface area contributed by atoms with E-state index in [2.05, 4.69) is 28.5 Å². The topological polar surface area (TPSA) is 85.8 Å². The third kappa shape index (κ3) is 4.22. The molecule has 38 heavy (non-hydrogen) atoms. The zero-order valence-corrected chi connectivity index (χ0v) is 21.6. The zero-order valence-electron chi connectivity index (χ0n) is 21.6. The Morgan fingerprint density at radius 2 is 1.82 bits per heavy atom. The van der Waals surface area contributed by atoms with Crippen molar-refractivity contribution in [2.45, 2.75) is 19.8 Å². The number of rotatable bonds is 6. The van der Waals surface area contributed by atoms with Crippen molar-refractivity contribution in [1.82, 2.24) is 4.58 Å². The van der Waals surface area contributed by atoms with Gasteiger partial charge in [0.15, 0.2) is 13.1 Å². The molecule has 6 rings (SSSR count). The summed E-state index contributed by atoms with van der Waals surface area (Å²) in [4.78, 5) is 26.0. The Morgan fingerprint density at radius 3 is 2.55 bits per heavy atom. The van der Waals surface area contributed by atoms with E-state index in [1.165, 1.54) is 13.5 Å². The molecule has 0 bridgehead atoms. The first-order valence-electron chi connectivity index (χ1n) is 13.2. The summed E-state index contributed by atoms with van der Waals surface area (Å²) in [6.07, 6.45) is 1.58. The normalized spacial score (nSPS) is 17.4. The summed E-state index contributed by atoms with van der Waals surface area (Å²) in [6.45, 7) is 5.82. The van der Waals surface area contributed by atoms with Crippen LogP contribution in [0.3, 0.4) is 0 Å². The Hall–Kier alpha value is -4.13. The van der Waals surface area contributed by atoms with Gasteiger partial charge in [-0.15, -0.1) is 0 Å². The average Bonchev–Trinajstić information content (AvgIpc) is 2.88. The Labute approximate surface area is 220 Å². The van der Waals surface area contributed by atoms with Gasteiger partial charge in [-0.25, -0.2) is 4.58 Å². The average molecular weight is 511 g/mol. The maximum Gasteiger partial charge on any atom is 0.306 e. The predicted octanol–water partition coefficient (Wildman–Crippen LogP) is 3.38. The van der Waals surface area contributed by atoms with Crippen LogP contribution in [-0.4, -0.2) is 45.2 Å². The van der Waals surface area contributed by atoms with Crippen LogP contribution in [0.15, 0.2) is 65.1 Å². The van der Waals surface area contributed by atoms with Crippen LogP contribution < -0.4 is 19.9 Å². The van der Waals surface area contributed by atoms with Gasteiger partial charge in [-0.1, -0.05) is 31.2 Å². The molecule has 4 aliphatic rings. The van der Waals surface area contributed by atoms with Crippen molar-refractivity contribution in [1.29, 1.82) is 0 Å². The van der Waals surface area contributed by atoms with E-state index in [1.54, 1.807) is 12.1 Å². The second-order valence-electron chi connectivity index (χ2n) is 10.4. The molecule has 7 heteroatoms. The molecule has 0 saturated carbocycles. The van der Waals surface area contributed by atoms with Gasteiger partial charge in [0.1, 0.15) is 11.3 Å². The monoisotopic (exact) mass is 510 g/mol. The number of carboxylic acids is 1. The van der Waals surface area contributed by atoms with Gasteiger partial charge < -0.3 is 24.0 Å². The highest BCUT2D eigenvalue weighted by Gasteiger charge is 2.34. The van der Waals surface area contributed by atoms with E-state index in [1.807, 2.05) is 36.4 Å². The molecule has 2 aromatic rings. The van der Waals surface area contributed by atoms with E-state index >= 15 is 0 Å². The van der Waals surface area contributed by atoms with Crippen LogP contribution in [0, 0.1) is 11.8 Å². The van der Waals surface area contributed by atoms with E-state index in [9.17, 15) is 14.7 Å². The molecule has 0 radical (unpaired) electrons. The van der Waals surface area contributed by atoms with Crippen LogP contribution in [0.25, 0.3) is 33.4 Å². The van der Waals surface area contributed by atoms with Crippen molar-refractivity contribution in [3.05, 3.63) is 71.6 Å². The lowest BCUT2D eigenvalue weighted by Gasteiger charge is -2.40. The molecule has 3 heterocycles. The number of carbonyl (C=O) groups is 2. The number of esters is 1. The first kappa shape index (κ1) is 24.2. The molecule has 194 valence electrons. The molecule has 2 aromatic carbocycles. The van der Waals surface area contributed by atoms with Crippen LogP contribution in [-0.2, 0) is 9.53 Å². The number of anilines is 1. The van der Waals surface area contributed by atoms with Gasteiger partial charge >= 0.3 is 5.97 Å². The van der Waals surface area contributed by atoms with Crippen LogP contribution in [0.2, 0.25) is 0 Å². The number of methoxy groups -OCH3 is 1. The molecular weight excluding hydrogens is 480 g/mol. The quantitative estimate of drug-likeness (QED) is 0.225. The maximum absolute atomic E-state index is 12.1. The van der Waals surface area contributed by atoms with Gasteiger partial charge in [0.25, 0.3) is 0 Å². The zero-order chi connectivity index (χ0) is 26.4. The predicted molar refractivity (Wildman–Crippen MR) is 144 cm³/mol. The van der Waals surface area contributed by atoms with Crippen molar-refractivity contribution >= 4 is 28.6 Å². The lowest BCUT2D eigenvalue weighted by Crippen LogP contribution is -2.49. The molecule has 0 N–H and O–H groups in total. The Bertz CT molecular complexity index is 1590. The summed E-state index contributed by atoms with van der Waals surface area (Å²) >= 11 is 0. The Balaban J connectivity index is 1.50. The number of nitrogens with zero attached hydrogens (tertiary/aromatic N) is 2. The fraction of sp³-hybridized carbons (Fsp3) is 0.323. The van der Waals surface area contributed by atoms with Crippen LogP contribution in [0.1, 0.15) is 30.1 Å². The van der Waals surface area contributed by atoms with Gasteiger partial charge in [-0.3, -0.25) is 4.79 Å². The van der Waals surface area contributed by atoms with Gasteiger partial charge in [-0.2, -0.15) is 0 Å². The van der Waals surface area contributed by atoms with E-state index < -0.39 is 5.97 Å². The minimum atomic E-state index is -1.21.